The fourth-order valence-corrected chi connectivity index (χ4v) is 2.77. The molecule has 0 spiro atoms. The molecule has 0 radical (unpaired) electrons. The molecule has 18 heavy (non-hydrogen) atoms. The van der Waals surface area contributed by atoms with Crippen LogP contribution >= 0.6 is 0 Å². The number of benzene rings is 1. The van der Waals surface area contributed by atoms with Gasteiger partial charge in [0.2, 0.25) is 0 Å². The molecule has 0 saturated carbocycles. The zero-order chi connectivity index (χ0) is 13.0. The number of methoxy groups -OCH3 is 1. The lowest BCUT2D eigenvalue weighted by molar-refractivity contribution is 0.0315. The Balaban J connectivity index is 2.04. The minimum absolute atomic E-state index is 0.203. The largest absolute Gasteiger partial charge is 0.496 e. The fraction of sp³-hybridized carbons (Fsp3) is 0.600. The first-order valence-electron chi connectivity index (χ1n) is 6.67. The maximum absolute atomic E-state index is 10.4. The molecule has 3 atom stereocenters. The maximum atomic E-state index is 10.4. The average molecular weight is 250 g/mol. The minimum atomic E-state index is -0.353. The summed E-state index contributed by atoms with van der Waals surface area (Å²) in [7, 11) is 1.67. The standard InChI is InChI=1S/C15H22O3/c1-3-14-12(8-9-18-14)13(16)10-11-6-4-5-7-15(11)17-2/h4-7,12-14,16H,3,8-10H2,1-2H3. The molecule has 100 valence electrons. The first-order valence-corrected chi connectivity index (χ1v) is 6.67. The molecule has 1 aliphatic rings. The normalized spacial score (nSPS) is 25.1. The van der Waals surface area contributed by atoms with E-state index in [0.717, 1.165) is 30.8 Å². The first kappa shape index (κ1) is 13.4. The summed E-state index contributed by atoms with van der Waals surface area (Å²) in [6.45, 7) is 2.88. The highest BCUT2D eigenvalue weighted by atomic mass is 16.5. The molecule has 3 heteroatoms. The van der Waals surface area contributed by atoms with Crippen LogP contribution in [0.3, 0.4) is 0 Å². The lowest BCUT2D eigenvalue weighted by atomic mass is 9.89. The molecule has 0 aliphatic carbocycles. The second kappa shape index (κ2) is 6.21. The summed E-state index contributed by atoms with van der Waals surface area (Å²) in [5.41, 5.74) is 1.06. The van der Waals surface area contributed by atoms with Crippen LogP contribution in [0.4, 0.5) is 0 Å². The van der Waals surface area contributed by atoms with Crippen LogP contribution < -0.4 is 4.74 Å². The number of para-hydroxylation sites is 1. The molecule has 1 fully saturated rings. The van der Waals surface area contributed by atoms with Crippen LogP contribution in [0.2, 0.25) is 0 Å². The number of hydrogen-bond acceptors (Lipinski definition) is 3. The minimum Gasteiger partial charge on any atom is -0.496 e. The van der Waals surface area contributed by atoms with Gasteiger partial charge in [-0.3, -0.25) is 0 Å². The van der Waals surface area contributed by atoms with Crippen LogP contribution in [0.15, 0.2) is 24.3 Å². The van der Waals surface area contributed by atoms with E-state index in [9.17, 15) is 5.11 Å². The van der Waals surface area contributed by atoms with E-state index in [1.807, 2.05) is 24.3 Å². The molecule has 1 aliphatic heterocycles. The molecule has 1 N–H and O–H groups in total. The highest BCUT2D eigenvalue weighted by molar-refractivity contribution is 5.33. The van der Waals surface area contributed by atoms with Gasteiger partial charge in [-0.1, -0.05) is 25.1 Å². The van der Waals surface area contributed by atoms with Gasteiger partial charge in [-0.2, -0.15) is 0 Å². The molecule has 1 aromatic rings. The highest BCUT2D eigenvalue weighted by Crippen LogP contribution is 2.29. The van der Waals surface area contributed by atoms with E-state index in [-0.39, 0.29) is 18.1 Å². The summed E-state index contributed by atoms with van der Waals surface area (Å²) in [5, 5.41) is 10.4. The molecule has 3 unspecified atom stereocenters. The van der Waals surface area contributed by atoms with Crippen molar-refractivity contribution in [1.29, 1.82) is 0 Å². The number of aliphatic hydroxyl groups is 1. The number of ether oxygens (including phenoxy) is 2. The molecule has 0 bridgehead atoms. The third kappa shape index (κ3) is 2.85. The van der Waals surface area contributed by atoms with Gasteiger partial charge < -0.3 is 14.6 Å². The van der Waals surface area contributed by atoms with Crippen molar-refractivity contribution in [3.63, 3.8) is 0 Å². The fourth-order valence-electron chi connectivity index (χ4n) is 2.77. The SMILES string of the molecule is CCC1OCCC1C(O)Cc1ccccc1OC. The van der Waals surface area contributed by atoms with Gasteiger partial charge >= 0.3 is 0 Å². The van der Waals surface area contributed by atoms with Gasteiger partial charge in [0.25, 0.3) is 0 Å². The molecule has 1 aromatic carbocycles. The summed E-state index contributed by atoms with van der Waals surface area (Å²) in [6, 6.07) is 7.87. The predicted octanol–water partition coefficient (Wildman–Crippen LogP) is 2.41. The Kier molecular flexibility index (Phi) is 4.61. The summed E-state index contributed by atoms with van der Waals surface area (Å²) in [5.74, 6) is 1.10. The predicted molar refractivity (Wildman–Crippen MR) is 70.8 cm³/mol. The van der Waals surface area contributed by atoms with Crippen molar-refractivity contribution < 1.29 is 14.6 Å². The summed E-state index contributed by atoms with van der Waals surface area (Å²) in [4.78, 5) is 0. The summed E-state index contributed by atoms with van der Waals surface area (Å²) < 4.78 is 11.0. The van der Waals surface area contributed by atoms with Gasteiger partial charge in [0.05, 0.1) is 19.3 Å². The van der Waals surface area contributed by atoms with E-state index in [4.69, 9.17) is 9.47 Å². The second-order valence-electron chi connectivity index (χ2n) is 4.85. The van der Waals surface area contributed by atoms with Crippen LogP contribution in [-0.2, 0) is 11.2 Å². The lowest BCUT2D eigenvalue weighted by Crippen LogP contribution is -2.29. The zero-order valence-corrected chi connectivity index (χ0v) is 11.1. The van der Waals surface area contributed by atoms with Gasteiger partial charge in [-0.25, -0.2) is 0 Å². The molecule has 3 nitrogen and oxygen atoms in total. The summed E-state index contributed by atoms with van der Waals surface area (Å²) in [6.07, 6.45) is 2.40. The van der Waals surface area contributed by atoms with Gasteiger partial charge in [-0.15, -0.1) is 0 Å². The number of aliphatic hydroxyl groups excluding tert-OH is 1. The van der Waals surface area contributed by atoms with Crippen LogP contribution in [-0.4, -0.2) is 31.0 Å². The number of rotatable bonds is 5. The van der Waals surface area contributed by atoms with Crippen LogP contribution in [0, 0.1) is 5.92 Å². The first-order chi connectivity index (χ1) is 8.76. The third-order valence-corrected chi connectivity index (χ3v) is 3.78. The Morgan fingerprint density at radius 2 is 2.22 bits per heavy atom. The van der Waals surface area contributed by atoms with Crippen molar-refractivity contribution in [2.24, 2.45) is 5.92 Å². The maximum Gasteiger partial charge on any atom is 0.122 e. The lowest BCUT2D eigenvalue weighted by Gasteiger charge is -2.23. The van der Waals surface area contributed by atoms with E-state index >= 15 is 0 Å². The molecular formula is C15H22O3. The molecule has 0 amide bonds. The van der Waals surface area contributed by atoms with Gasteiger partial charge in [0.15, 0.2) is 0 Å². The molecule has 1 saturated heterocycles. The van der Waals surface area contributed by atoms with Crippen molar-refractivity contribution >= 4 is 0 Å². The average Bonchev–Trinajstić information content (AvgIpc) is 2.87. The highest BCUT2D eigenvalue weighted by Gasteiger charge is 2.32. The quantitative estimate of drug-likeness (QED) is 0.872. The van der Waals surface area contributed by atoms with Crippen molar-refractivity contribution in [3.8, 4) is 5.75 Å². The van der Waals surface area contributed by atoms with Crippen LogP contribution in [0.1, 0.15) is 25.3 Å². The van der Waals surface area contributed by atoms with Crippen molar-refractivity contribution in [1.82, 2.24) is 0 Å². The molecule has 0 aromatic heterocycles. The monoisotopic (exact) mass is 250 g/mol. The van der Waals surface area contributed by atoms with E-state index in [1.165, 1.54) is 0 Å². The van der Waals surface area contributed by atoms with E-state index in [0.29, 0.717) is 6.42 Å². The van der Waals surface area contributed by atoms with Crippen LogP contribution in [0.25, 0.3) is 0 Å². The summed E-state index contributed by atoms with van der Waals surface area (Å²) >= 11 is 0. The molecule has 2 rings (SSSR count). The Hall–Kier alpha value is -1.06. The van der Waals surface area contributed by atoms with Crippen LogP contribution in [0.5, 0.6) is 5.75 Å². The van der Waals surface area contributed by atoms with Crippen molar-refractivity contribution in [2.45, 2.75) is 38.4 Å². The van der Waals surface area contributed by atoms with E-state index < -0.39 is 0 Å². The Morgan fingerprint density at radius 3 is 2.94 bits per heavy atom. The zero-order valence-electron chi connectivity index (χ0n) is 11.1. The van der Waals surface area contributed by atoms with E-state index in [2.05, 4.69) is 6.92 Å². The number of hydrogen-bond donors (Lipinski definition) is 1. The molecule has 1 heterocycles. The Bertz CT molecular complexity index is 378. The third-order valence-electron chi connectivity index (χ3n) is 3.78. The topological polar surface area (TPSA) is 38.7 Å². The smallest absolute Gasteiger partial charge is 0.122 e. The van der Waals surface area contributed by atoms with Crippen molar-refractivity contribution in [3.05, 3.63) is 29.8 Å². The van der Waals surface area contributed by atoms with Gasteiger partial charge in [0, 0.05) is 18.9 Å². The van der Waals surface area contributed by atoms with E-state index in [1.54, 1.807) is 7.11 Å². The van der Waals surface area contributed by atoms with Gasteiger partial charge in [0.1, 0.15) is 5.75 Å². The molecular weight excluding hydrogens is 228 g/mol. The van der Waals surface area contributed by atoms with Gasteiger partial charge in [-0.05, 0) is 24.5 Å². The Morgan fingerprint density at radius 1 is 1.44 bits per heavy atom. The van der Waals surface area contributed by atoms with Crippen molar-refractivity contribution in [2.75, 3.05) is 13.7 Å². The Labute approximate surface area is 109 Å². The second-order valence-corrected chi connectivity index (χ2v) is 4.85.